The summed E-state index contributed by atoms with van der Waals surface area (Å²) in [6.07, 6.45) is -1.68. The number of hydrogen-bond donors (Lipinski definition) is 0. The first-order valence-electron chi connectivity index (χ1n) is 11.4. The fraction of sp³-hybridized carbons (Fsp3) is 0.458. The van der Waals surface area contributed by atoms with Crippen LogP contribution < -0.4 is 4.90 Å². The second-order valence-corrected chi connectivity index (χ2v) is 9.11. The van der Waals surface area contributed by atoms with Crippen LogP contribution in [0.15, 0.2) is 43.0 Å². The molecular weight excluding hydrogens is 486 g/mol. The standard InChI is InChI=1S/C24H26F6N6/c1-4-20-8-21(14-34(20)2)36(22-31-9-16(10-32-22)17-11-33-35(3)13-17)12-15-5-18(23(25,26)27)7-19(6-15)24(28,29)30/h5-7,9-11,13,20-21H,4,8,12,14H2,1-3H3. The fourth-order valence-electron chi connectivity index (χ4n) is 4.61. The zero-order chi connectivity index (χ0) is 26.3. The van der Waals surface area contributed by atoms with E-state index in [1.807, 2.05) is 14.0 Å². The van der Waals surface area contributed by atoms with E-state index in [-0.39, 0.29) is 36.2 Å². The molecule has 2 unspecified atom stereocenters. The van der Waals surface area contributed by atoms with E-state index in [2.05, 4.69) is 20.0 Å². The highest BCUT2D eigenvalue weighted by Crippen LogP contribution is 2.37. The smallest absolute Gasteiger partial charge is 0.332 e. The third kappa shape index (κ3) is 5.63. The molecule has 1 aliphatic heterocycles. The van der Waals surface area contributed by atoms with Gasteiger partial charge in [-0.15, -0.1) is 0 Å². The number of halogens is 6. The van der Waals surface area contributed by atoms with Gasteiger partial charge in [-0.1, -0.05) is 6.92 Å². The highest BCUT2D eigenvalue weighted by Gasteiger charge is 2.38. The molecule has 3 aromatic rings. The van der Waals surface area contributed by atoms with Crippen LogP contribution in [-0.2, 0) is 25.9 Å². The van der Waals surface area contributed by atoms with Gasteiger partial charge < -0.3 is 9.80 Å². The van der Waals surface area contributed by atoms with Crippen LogP contribution in [0.1, 0.15) is 36.5 Å². The maximum Gasteiger partial charge on any atom is 0.416 e. The molecule has 0 saturated carbocycles. The number of aromatic nitrogens is 4. The van der Waals surface area contributed by atoms with Gasteiger partial charge in [-0.25, -0.2) is 9.97 Å². The maximum atomic E-state index is 13.4. The van der Waals surface area contributed by atoms with Gasteiger partial charge in [0.15, 0.2) is 0 Å². The largest absolute Gasteiger partial charge is 0.416 e. The van der Waals surface area contributed by atoms with E-state index in [0.29, 0.717) is 18.5 Å². The Kier molecular flexibility index (Phi) is 7.00. The summed E-state index contributed by atoms with van der Waals surface area (Å²) in [5.74, 6) is 0.240. The van der Waals surface area contributed by atoms with E-state index in [9.17, 15) is 26.3 Å². The molecule has 0 bridgehead atoms. The summed E-state index contributed by atoms with van der Waals surface area (Å²) in [5, 5.41) is 4.11. The molecule has 2 aromatic heterocycles. The molecule has 6 nitrogen and oxygen atoms in total. The Balaban J connectivity index is 1.72. The van der Waals surface area contributed by atoms with Gasteiger partial charge >= 0.3 is 12.4 Å². The van der Waals surface area contributed by atoms with Crippen molar-refractivity contribution < 1.29 is 26.3 Å². The van der Waals surface area contributed by atoms with Crippen LogP contribution in [0.25, 0.3) is 11.1 Å². The van der Waals surface area contributed by atoms with Crippen LogP contribution in [0.4, 0.5) is 32.3 Å². The number of nitrogens with zero attached hydrogens (tertiary/aromatic N) is 6. The first-order chi connectivity index (χ1) is 16.8. The first-order valence-corrected chi connectivity index (χ1v) is 11.4. The van der Waals surface area contributed by atoms with E-state index >= 15 is 0 Å². The molecule has 1 aromatic carbocycles. The molecule has 4 rings (SSSR count). The van der Waals surface area contributed by atoms with Gasteiger partial charge in [-0.2, -0.15) is 31.4 Å². The fourth-order valence-corrected chi connectivity index (χ4v) is 4.61. The molecule has 12 heteroatoms. The molecule has 0 N–H and O–H groups in total. The highest BCUT2D eigenvalue weighted by molar-refractivity contribution is 5.60. The molecule has 2 atom stereocenters. The first kappa shape index (κ1) is 25.9. The lowest BCUT2D eigenvalue weighted by molar-refractivity contribution is -0.143. The monoisotopic (exact) mass is 512 g/mol. The molecule has 0 radical (unpaired) electrons. The van der Waals surface area contributed by atoms with E-state index in [0.717, 1.165) is 24.1 Å². The molecule has 36 heavy (non-hydrogen) atoms. The van der Waals surface area contributed by atoms with Gasteiger partial charge in [0.2, 0.25) is 5.95 Å². The SMILES string of the molecule is CCC1CC(N(Cc2cc(C(F)(F)F)cc(C(F)(F)F)c2)c2ncc(-c3cnn(C)c3)cn2)CN1C. The Bertz CT molecular complexity index is 1150. The average Bonchev–Trinajstić information content (AvgIpc) is 3.41. The number of likely N-dealkylation sites (tertiary alicyclic amines) is 1. The van der Waals surface area contributed by atoms with Crippen molar-refractivity contribution in [2.75, 3.05) is 18.5 Å². The minimum absolute atomic E-state index is 0.111. The van der Waals surface area contributed by atoms with Crippen LogP contribution in [-0.4, -0.2) is 50.3 Å². The molecule has 3 heterocycles. The second-order valence-electron chi connectivity index (χ2n) is 9.11. The summed E-state index contributed by atoms with van der Waals surface area (Å²) in [6.45, 7) is 2.42. The van der Waals surface area contributed by atoms with Crippen molar-refractivity contribution in [1.82, 2.24) is 24.6 Å². The van der Waals surface area contributed by atoms with E-state index in [1.165, 1.54) is 0 Å². The minimum atomic E-state index is -4.91. The predicted octanol–water partition coefficient (Wildman–Crippen LogP) is 5.40. The van der Waals surface area contributed by atoms with Crippen LogP contribution in [0.5, 0.6) is 0 Å². The van der Waals surface area contributed by atoms with Crippen molar-refractivity contribution in [3.05, 3.63) is 59.7 Å². The van der Waals surface area contributed by atoms with E-state index < -0.39 is 23.5 Å². The maximum absolute atomic E-state index is 13.4. The van der Waals surface area contributed by atoms with Gasteiger partial charge in [-0.05, 0) is 43.7 Å². The van der Waals surface area contributed by atoms with Gasteiger partial charge in [0.25, 0.3) is 0 Å². The average molecular weight is 513 g/mol. The van der Waals surface area contributed by atoms with Crippen molar-refractivity contribution in [3.8, 4) is 11.1 Å². The quantitative estimate of drug-likeness (QED) is 0.414. The van der Waals surface area contributed by atoms with Crippen molar-refractivity contribution in [2.24, 2.45) is 7.05 Å². The zero-order valence-electron chi connectivity index (χ0n) is 20.0. The Morgan fingerprint density at radius 3 is 2.00 bits per heavy atom. The summed E-state index contributed by atoms with van der Waals surface area (Å²) >= 11 is 0. The third-order valence-electron chi connectivity index (χ3n) is 6.51. The number of rotatable bonds is 6. The van der Waals surface area contributed by atoms with Gasteiger partial charge in [0.1, 0.15) is 0 Å². The van der Waals surface area contributed by atoms with Crippen molar-refractivity contribution in [2.45, 2.75) is 50.7 Å². The van der Waals surface area contributed by atoms with Crippen LogP contribution >= 0.6 is 0 Å². The summed E-state index contributed by atoms with van der Waals surface area (Å²) in [7, 11) is 3.72. The normalized spacial score (nSPS) is 19.1. The zero-order valence-corrected chi connectivity index (χ0v) is 20.0. The van der Waals surface area contributed by atoms with Crippen LogP contribution in [0, 0.1) is 0 Å². The van der Waals surface area contributed by atoms with Gasteiger partial charge in [-0.3, -0.25) is 4.68 Å². The van der Waals surface area contributed by atoms with Crippen molar-refractivity contribution in [3.63, 3.8) is 0 Å². The molecule has 0 amide bonds. The van der Waals surface area contributed by atoms with E-state index in [4.69, 9.17) is 0 Å². The number of alkyl halides is 6. The molecule has 0 spiro atoms. The molecule has 1 saturated heterocycles. The molecular formula is C24H26F6N6. The molecule has 1 aliphatic rings. The molecule has 194 valence electrons. The highest BCUT2D eigenvalue weighted by atomic mass is 19.4. The number of hydrogen-bond acceptors (Lipinski definition) is 5. The lowest BCUT2D eigenvalue weighted by Crippen LogP contribution is -2.38. The Labute approximate surface area is 204 Å². The Morgan fingerprint density at radius 2 is 1.53 bits per heavy atom. The number of benzene rings is 1. The Hall–Kier alpha value is -3.15. The number of aryl methyl sites for hydroxylation is 1. The lowest BCUT2D eigenvalue weighted by Gasteiger charge is -2.29. The summed E-state index contributed by atoms with van der Waals surface area (Å²) in [5.41, 5.74) is -1.31. The predicted molar refractivity (Wildman–Crippen MR) is 122 cm³/mol. The van der Waals surface area contributed by atoms with Crippen LogP contribution in [0.2, 0.25) is 0 Å². The van der Waals surface area contributed by atoms with E-state index in [1.54, 1.807) is 41.4 Å². The number of anilines is 1. The summed E-state index contributed by atoms with van der Waals surface area (Å²) in [4.78, 5) is 12.7. The second kappa shape index (κ2) is 9.72. The van der Waals surface area contributed by atoms with Crippen LogP contribution in [0.3, 0.4) is 0 Å². The van der Waals surface area contributed by atoms with Gasteiger partial charge in [0.05, 0.1) is 17.3 Å². The minimum Gasteiger partial charge on any atom is -0.332 e. The summed E-state index contributed by atoms with van der Waals surface area (Å²) < 4.78 is 82.2. The van der Waals surface area contributed by atoms with Crippen molar-refractivity contribution >= 4 is 5.95 Å². The third-order valence-corrected chi connectivity index (χ3v) is 6.51. The molecule has 0 aliphatic carbocycles. The van der Waals surface area contributed by atoms with Crippen molar-refractivity contribution in [1.29, 1.82) is 0 Å². The van der Waals surface area contributed by atoms with Gasteiger partial charge in [0, 0.05) is 61.9 Å². The lowest BCUT2D eigenvalue weighted by atomic mass is 10.0. The Morgan fingerprint density at radius 1 is 0.917 bits per heavy atom. The topological polar surface area (TPSA) is 50.1 Å². The molecule has 1 fully saturated rings. The number of likely N-dealkylation sites (N-methyl/N-ethyl adjacent to an activating group) is 1. The summed E-state index contributed by atoms with van der Waals surface area (Å²) in [6, 6.07) is 1.72.